The molecule has 0 fully saturated rings. The van der Waals surface area contributed by atoms with E-state index in [1.807, 2.05) is 0 Å². The number of carbonyl (C=O) groups is 1. The Morgan fingerprint density at radius 1 is 1.04 bits per heavy atom. The van der Waals surface area contributed by atoms with Crippen LogP contribution in [0.3, 0.4) is 0 Å². The summed E-state index contributed by atoms with van der Waals surface area (Å²) in [6.45, 7) is -0.240. The van der Waals surface area contributed by atoms with Gasteiger partial charge in [-0.15, -0.1) is 0 Å². The molecule has 0 saturated carbocycles. The average molecular weight is 508 g/mol. The molecule has 1 aliphatic rings. The van der Waals surface area contributed by atoms with Gasteiger partial charge in [-0.1, -0.05) is 6.07 Å². The summed E-state index contributed by atoms with van der Waals surface area (Å²) < 4.78 is 58.2. The van der Waals surface area contributed by atoms with E-state index in [1.54, 1.807) is 18.2 Å². The molecule has 1 aliphatic heterocycles. The van der Waals surface area contributed by atoms with Crippen LogP contribution >= 0.6 is 31.9 Å². The van der Waals surface area contributed by atoms with Gasteiger partial charge in [-0.2, -0.15) is 0 Å². The Hall–Kier alpha value is -1.58. The van der Waals surface area contributed by atoms with Crippen molar-refractivity contribution in [2.75, 3.05) is 12.9 Å². The predicted octanol–water partition coefficient (Wildman–Crippen LogP) is 4.36. The molecule has 4 nitrogen and oxygen atoms in total. The molecule has 0 aliphatic carbocycles. The number of ether oxygens (including phenoxy) is 1. The molecule has 0 amide bonds. The van der Waals surface area contributed by atoms with Crippen LogP contribution in [0.1, 0.15) is 11.1 Å². The summed E-state index contributed by atoms with van der Waals surface area (Å²) in [5.74, 6) is -2.71. The van der Waals surface area contributed by atoms with Crippen molar-refractivity contribution in [3.8, 4) is 0 Å². The number of hydrogen-bond donors (Lipinski definition) is 0. The first kappa shape index (κ1) is 19.2. The summed E-state index contributed by atoms with van der Waals surface area (Å²) in [7, 11) is -3.92. The van der Waals surface area contributed by atoms with Crippen molar-refractivity contribution in [2.24, 2.45) is 0 Å². The Balaban J connectivity index is 2.23. The molecule has 0 saturated heterocycles. The highest BCUT2D eigenvalue weighted by atomic mass is 79.9. The fourth-order valence-corrected chi connectivity index (χ4v) is 3.96. The van der Waals surface area contributed by atoms with Crippen LogP contribution in [0.2, 0.25) is 0 Å². The average Bonchev–Trinajstić information content (AvgIpc) is 2.92. The Morgan fingerprint density at radius 2 is 1.73 bits per heavy atom. The Kier molecular flexibility index (Phi) is 5.06. The quantitative estimate of drug-likeness (QED) is 0.579. The van der Waals surface area contributed by atoms with E-state index in [0.717, 1.165) is 16.8 Å². The monoisotopic (exact) mass is 506 g/mol. The van der Waals surface area contributed by atoms with Crippen molar-refractivity contribution in [2.45, 2.75) is 4.90 Å². The lowest BCUT2D eigenvalue weighted by atomic mass is 9.96. The van der Waals surface area contributed by atoms with Gasteiger partial charge < -0.3 is 4.74 Å². The lowest BCUT2D eigenvalue weighted by molar-refractivity contribution is -0.133. The maximum absolute atomic E-state index is 14.5. The molecular formula is C17H10Br2F2O4S. The van der Waals surface area contributed by atoms with Gasteiger partial charge in [-0.3, -0.25) is 0 Å². The Labute approximate surface area is 165 Å². The van der Waals surface area contributed by atoms with E-state index in [2.05, 4.69) is 31.9 Å². The van der Waals surface area contributed by atoms with Gasteiger partial charge in [0.1, 0.15) is 23.1 Å². The zero-order valence-electron chi connectivity index (χ0n) is 13.1. The molecule has 26 heavy (non-hydrogen) atoms. The molecule has 2 aromatic carbocycles. The molecule has 0 aromatic heterocycles. The lowest BCUT2D eigenvalue weighted by Crippen LogP contribution is -2.04. The third kappa shape index (κ3) is 3.47. The number of cyclic esters (lactones) is 1. The first-order valence-corrected chi connectivity index (χ1v) is 10.6. The zero-order chi connectivity index (χ0) is 19.2. The molecule has 0 N–H and O–H groups in total. The van der Waals surface area contributed by atoms with Crippen LogP contribution in [-0.4, -0.2) is 27.2 Å². The van der Waals surface area contributed by atoms with Crippen LogP contribution in [0.25, 0.3) is 11.1 Å². The standard InChI is InChI=1S/C17H10Br2F2O4S/c1-26(23,24)15-6-13(20)9(5-14(15)21)10-7-25-17(22)16(10)8-2-3-11(18)12(19)4-8/h2-6H,7H2,1H3. The molecule has 0 bridgehead atoms. The van der Waals surface area contributed by atoms with Crippen molar-refractivity contribution >= 4 is 58.8 Å². The maximum atomic E-state index is 14.5. The van der Waals surface area contributed by atoms with Crippen LogP contribution in [-0.2, 0) is 19.4 Å². The van der Waals surface area contributed by atoms with Crippen molar-refractivity contribution < 1.29 is 26.7 Å². The summed E-state index contributed by atoms with van der Waals surface area (Å²) in [5, 5.41) is 0. The first-order valence-electron chi connectivity index (χ1n) is 7.14. The highest BCUT2D eigenvalue weighted by Gasteiger charge is 2.30. The molecule has 9 heteroatoms. The minimum absolute atomic E-state index is 0.101. The highest BCUT2D eigenvalue weighted by Crippen LogP contribution is 2.37. The van der Waals surface area contributed by atoms with E-state index in [1.165, 1.54) is 0 Å². The predicted molar refractivity (Wildman–Crippen MR) is 99.1 cm³/mol. The van der Waals surface area contributed by atoms with Gasteiger partial charge in [0.25, 0.3) is 0 Å². The Morgan fingerprint density at radius 3 is 2.35 bits per heavy atom. The molecule has 3 rings (SSSR count). The largest absolute Gasteiger partial charge is 0.457 e. The summed E-state index contributed by atoms with van der Waals surface area (Å²) in [6, 6.07) is 6.36. The first-order chi connectivity index (χ1) is 12.1. The van der Waals surface area contributed by atoms with Crippen LogP contribution in [0.15, 0.2) is 44.2 Å². The highest BCUT2D eigenvalue weighted by molar-refractivity contribution is 9.13. The van der Waals surface area contributed by atoms with E-state index in [4.69, 9.17) is 4.74 Å². The fourth-order valence-electron chi connectivity index (χ4n) is 2.61. The smallest absolute Gasteiger partial charge is 0.339 e. The van der Waals surface area contributed by atoms with Gasteiger partial charge in [0, 0.05) is 26.3 Å². The fraction of sp³-hybridized carbons (Fsp3) is 0.118. The number of hydrogen-bond acceptors (Lipinski definition) is 4. The zero-order valence-corrected chi connectivity index (χ0v) is 17.1. The van der Waals surface area contributed by atoms with Gasteiger partial charge in [0.05, 0.1) is 5.57 Å². The second kappa shape index (κ2) is 6.86. The molecule has 136 valence electrons. The van der Waals surface area contributed by atoms with Gasteiger partial charge in [0.15, 0.2) is 9.84 Å². The summed E-state index contributed by atoms with van der Waals surface area (Å²) in [5.41, 5.74) is 0.503. The van der Waals surface area contributed by atoms with Gasteiger partial charge in [-0.25, -0.2) is 22.0 Å². The Bertz CT molecular complexity index is 1080. The minimum atomic E-state index is -3.92. The van der Waals surface area contributed by atoms with Crippen molar-refractivity contribution in [1.29, 1.82) is 0 Å². The van der Waals surface area contributed by atoms with E-state index in [9.17, 15) is 22.0 Å². The topological polar surface area (TPSA) is 60.4 Å². The number of sulfone groups is 1. The second-order valence-electron chi connectivity index (χ2n) is 5.59. The van der Waals surface area contributed by atoms with E-state index < -0.39 is 32.3 Å². The van der Waals surface area contributed by atoms with E-state index in [0.29, 0.717) is 16.1 Å². The minimum Gasteiger partial charge on any atom is -0.457 e. The molecule has 0 unspecified atom stereocenters. The molecule has 0 radical (unpaired) electrons. The molecule has 2 aromatic rings. The van der Waals surface area contributed by atoms with Gasteiger partial charge >= 0.3 is 5.97 Å². The molecule has 1 heterocycles. The SMILES string of the molecule is CS(=O)(=O)c1cc(F)c(C2=C(c3ccc(Br)c(Br)c3)C(=O)OC2)cc1F. The third-order valence-corrected chi connectivity index (χ3v) is 6.80. The van der Waals surface area contributed by atoms with Crippen molar-refractivity contribution in [3.05, 3.63) is 62.0 Å². The third-order valence-electron chi connectivity index (χ3n) is 3.81. The van der Waals surface area contributed by atoms with Crippen LogP contribution < -0.4 is 0 Å². The normalized spacial score (nSPS) is 14.7. The van der Waals surface area contributed by atoms with Gasteiger partial charge in [-0.05, 0) is 61.7 Å². The van der Waals surface area contributed by atoms with E-state index >= 15 is 0 Å². The number of benzene rings is 2. The van der Waals surface area contributed by atoms with Crippen molar-refractivity contribution in [1.82, 2.24) is 0 Å². The molecule has 0 atom stereocenters. The van der Waals surface area contributed by atoms with Crippen LogP contribution in [0.5, 0.6) is 0 Å². The second-order valence-corrected chi connectivity index (χ2v) is 9.29. The van der Waals surface area contributed by atoms with E-state index in [-0.39, 0.29) is 23.3 Å². The summed E-state index contributed by atoms with van der Waals surface area (Å²) >= 11 is 6.64. The summed E-state index contributed by atoms with van der Waals surface area (Å²) in [4.78, 5) is 11.4. The molecule has 0 spiro atoms. The lowest BCUT2D eigenvalue weighted by Gasteiger charge is -2.09. The van der Waals surface area contributed by atoms with Gasteiger partial charge in [0.2, 0.25) is 0 Å². The molecular weight excluding hydrogens is 498 g/mol. The number of halogens is 4. The maximum Gasteiger partial charge on any atom is 0.339 e. The van der Waals surface area contributed by atoms with Crippen LogP contribution in [0, 0.1) is 11.6 Å². The summed E-state index contributed by atoms with van der Waals surface area (Å²) in [6.07, 6.45) is 0.788. The number of rotatable bonds is 3. The van der Waals surface area contributed by atoms with Crippen LogP contribution in [0.4, 0.5) is 8.78 Å². The van der Waals surface area contributed by atoms with Crippen molar-refractivity contribution in [3.63, 3.8) is 0 Å². The number of carbonyl (C=O) groups excluding carboxylic acids is 1. The number of esters is 1.